The predicted molar refractivity (Wildman–Crippen MR) is 106 cm³/mol. The van der Waals surface area contributed by atoms with Gasteiger partial charge < -0.3 is 20.3 Å². The van der Waals surface area contributed by atoms with Crippen molar-refractivity contribution in [1.82, 2.24) is 10.2 Å². The maximum atomic E-state index is 11.8. The van der Waals surface area contributed by atoms with Gasteiger partial charge in [0.05, 0.1) is 12.2 Å². The number of hydrogen-bond acceptors (Lipinski definition) is 4. The van der Waals surface area contributed by atoms with Gasteiger partial charge in [-0.15, -0.1) is 0 Å². The Balaban J connectivity index is 1.69. The molecule has 0 bridgehead atoms. The van der Waals surface area contributed by atoms with E-state index in [1.54, 1.807) is 19.1 Å². The number of carbonyl (C=O) groups excluding carboxylic acids is 1. The molecule has 1 atom stereocenters. The second-order valence-electron chi connectivity index (χ2n) is 6.58. The smallest absolute Gasteiger partial charge is 0.338 e. The van der Waals surface area contributed by atoms with Crippen LogP contribution in [0.3, 0.4) is 0 Å². The van der Waals surface area contributed by atoms with Crippen LogP contribution < -0.4 is 10.6 Å². The molecule has 1 heterocycles. The van der Waals surface area contributed by atoms with Gasteiger partial charge in [-0.25, -0.2) is 4.79 Å². The molecule has 2 N–H and O–H groups in total. The third-order valence-corrected chi connectivity index (χ3v) is 4.56. The summed E-state index contributed by atoms with van der Waals surface area (Å²) in [6, 6.07) is 7.18. The first-order chi connectivity index (χ1) is 12.1. The monoisotopic (exact) mass is 363 g/mol. The topological polar surface area (TPSA) is 53.6 Å². The van der Waals surface area contributed by atoms with Crippen molar-refractivity contribution in [3.63, 3.8) is 0 Å². The van der Waals surface area contributed by atoms with Crippen LogP contribution in [0, 0.1) is 5.92 Å². The maximum Gasteiger partial charge on any atom is 0.338 e. The van der Waals surface area contributed by atoms with Crippen molar-refractivity contribution >= 4 is 29.0 Å². The van der Waals surface area contributed by atoms with Crippen molar-refractivity contribution in [2.24, 2.45) is 5.92 Å². The summed E-state index contributed by atoms with van der Waals surface area (Å²) in [5.41, 5.74) is 1.31. The van der Waals surface area contributed by atoms with E-state index >= 15 is 0 Å². The standard InChI is InChI=1S/C19H29N3O2S/c1-3-24-18(23)16-8-4-9-17(13-16)21-19(25)20-10-6-12-22-11-5-7-15(2)14-22/h4,8-9,13,15H,3,5-7,10-12,14H2,1-2H3,(H2,20,21,25)/t15-/m1/s1. The molecule has 0 radical (unpaired) electrons. The molecule has 138 valence electrons. The molecule has 1 aliphatic heterocycles. The lowest BCUT2D eigenvalue weighted by atomic mass is 10.0. The molecule has 0 amide bonds. The summed E-state index contributed by atoms with van der Waals surface area (Å²) in [7, 11) is 0. The fourth-order valence-electron chi connectivity index (χ4n) is 3.11. The highest BCUT2D eigenvalue weighted by Gasteiger charge is 2.15. The zero-order valence-corrected chi connectivity index (χ0v) is 16.0. The number of piperidine rings is 1. The number of nitrogens with one attached hydrogen (secondary N) is 2. The zero-order chi connectivity index (χ0) is 18.1. The van der Waals surface area contributed by atoms with Crippen LogP contribution in [0.4, 0.5) is 5.69 Å². The van der Waals surface area contributed by atoms with Gasteiger partial charge in [-0.3, -0.25) is 0 Å². The lowest BCUT2D eigenvalue weighted by Crippen LogP contribution is -2.37. The number of rotatable bonds is 7. The molecule has 2 rings (SSSR count). The summed E-state index contributed by atoms with van der Waals surface area (Å²) in [5, 5.41) is 6.93. The molecule has 0 spiro atoms. The second-order valence-corrected chi connectivity index (χ2v) is 6.99. The van der Waals surface area contributed by atoms with E-state index in [1.165, 1.54) is 25.9 Å². The number of thiocarbonyl (C=S) groups is 1. The van der Waals surface area contributed by atoms with E-state index in [-0.39, 0.29) is 5.97 Å². The lowest BCUT2D eigenvalue weighted by molar-refractivity contribution is 0.0526. The predicted octanol–water partition coefficient (Wildman–Crippen LogP) is 3.27. The summed E-state index contributed by atoms with van der Waals surface area (Å²) >= 11 is 5.33. The Kier molecular flexibility index (Phi) is 8.15. The van der Waals surface area contributed by atoms with Crippen LogP contribution in [-0.2, 0) is 4.74 Å². The van der Waals surface area contributed by atoms with Crippen molar-refractivity contribution in [2.75, 3.05) is 38.1 Å². The molecule has 0 aromatic heterocycles. The molecule has 25 heavy (non-hydrogen) atoms. The van der Waals surface area contributed by atoms with Crippen LogP contribution in [-0.4, -0.2) is 48.8 Å². The molecular weight excluding hydrogens is 334 g/mol. The van der Waals surface area contributed by atoms with Crippen molar-refractivity contribution in [3.8, 4) is 0 Å². The van der Waals surface area contributed by atoms with Crippen LogP contribution in [0.15, 0.2) is 24.3 Å². The number of esters is 1. The van der Waals surface area contributed by atoms with Crippen LogP contribution >= 0.6 is 12.2 Å². The Morgan fingerprint density at radius 1 is 1.44 bits per heavy atom. The Morgan fingerprint density at radius 2 is 2.28 bits per heavy atom. The fourth-order valence-corrected chi connectivity index (χ4v) is 3.33. The van der Waals surface area contributed by atoms with Crippen molar-refractivity contribution in [2.45, 2.75) is 33.1 Å². The van der Waals surface area contributed by atoms with Gasteiger partial charge in [0.25, 0.3) is 0 Å². The largest absolute Gasteiger partial charge is 0.462 e. The molecule has 6 heteroatoms. The third-order valence-electron chi connectivity index (χ3n) is 4.31. The van der Waals surface area contributed by atoms with Gasteiger partial charge in [0, 0.05) is 18.8 Å². The average molecular weight is 364 g/mol. The molecule has 1 aromatic carbocycles. The van der Waals surface area contributed by atoms with Crippen LogP contribution in [0.25, 0.3) is 0 Å². The minimum Gasteiger partial charge on any atom is -0.462 e. The molecule has 5 nitrogen and oxygen atoms in total. The van der Waals surface area contributed by atoms with E-state index < -0.39 is 0 Å². The zero-order valence-electron chi connectivity index (χ0n) is 15.2. The van der Waals surface area contributed by atoms with Gasteiger partial charge in [0.2, 0.25) is 0 Å². The van der Waals surface area contributed by atoms with E-state index in [4.69, 9.17) is 17.0 Å². The van der Waals surface area contributed by atoms with E-state index in [9.17, 15) is 4.79 Å². The first-order valence-corrected chi connectivity index (χ1v) is 9.53. The molecule has 1 aromatic rings. The molecule has 1 aliphatic rings. The normalized spacial score (nSPS) is 17.8. The Morgan fingerprint density at radius 3 is 3.04 bits per heavy atom. The van der Waals surface area contributed by atoms with E-state index in [0.29, 0.717) is 17.3 Å². The average Bonchev–Trinajstić information content (AvgIpc) is 2.59. The molecule has 0 saturated carbocycles. The lowest BCUT2D eigenvalue weighted by Gasteiger charge is -2.30. The third kappa shape index (κ3) is 7.00. The minimum absolute atomic E-state index is 0.319. The van der Waals surface area contributed by atoms with Crippen molar-refractivity contribution in [1.29, 1.82) is 0 Å². The van der Waals surface area contributed by atoms with Gasteiger partial charge in [0.1, 0.15) is 0 Å². The Hall–Kier alpha value is -1.66. The molecule has 0 unspecified atom stereocenters. The summed E-state index contributed by atoms with van der Waals surface area (Å²) in [6.45, 7) is 8.87. The van der Waals surface area contributed by atoms with Gasteiger partial charge in [0.15, 0.2) is 5.11 Å². The SMILES string of the molecule is CCOC(=O)c1cccc(NC(=S)NCCCN2CCC[C@@H](C)C2)c1. The highest BCUT2D eigenvalue weighted by molar-refractivity contribution is 7.80. The van der Waals surface area contributed by atoms with Crippen LogP contribution in [0.1, 0.15) is 43.5 Å². The minimum atomic E-state index is -0.319. The molecule has 1 saturated heterocycles. The molecule has 1 fully saturated rings. The van der Waals surface area contributed by atoms with Crippen molar-refractivity contribution < 1.29 is 9.53 Å². The van der Waals surface area contributed by atoms with Crippen LogP contribution in [0.5, 0.6) is 0 Å². The number of ether oxygens (including phenoxy) is 1. The highest BCUT2D eigenvalue weighted by atomic mass is 32.1. The number of anilines is 1. The number of benzene rings is 1. The van der Waals surface area contributed by atoms with E-state index in [1.807, 2.05) is 12.1 Å². The number of carbonyl (C=O) groups is 1. The summed E-state index contributed by atoms with van der Waals surface area (Å²) < 4.78 is 5.01. The Bertz CT molecular complexity index is 580. The second kappa shape index (κ2) is 10.4. The number of nitrogens with zero attached hydrogens (tertiary/aromatic N) is 1. The van der Waals surface area contributed by atoms with Crippen LogP contribution in [0.2, 0.25) is 0 Å². The van der Waals surface area contributed by atoms with E-state index in [2.05, 4.69) is 22.5 Å². The van der Waals surface area contributed by atoms with Crippen molar-refractivity contribution in [3.05, 3.63) is 29.8 Å². The molecule has 0 aliphatic carbocycles. The maximum absolute atomic E-state index is 11.8. The first kappa shape index (κ1) is 19.7. The van der Waals surface area contributed by atoms with Gasteiger partial charge in [-0.1, -0.05) is 13.0 Å². The number of hydrogen-bond donors (Lipinski definition) is 2. The Labute approximate surface area is 156 Å². The van der Waals surface area contributed by atoms with E-state index in [0.717, 1.165) is 31.1 Å². The summed E-state index contributed by atoms with van der Waals surface area (Å²) in [5.74, 6) is 0.497. The van der Waals surface area contributed by atoms with Gasteiger partial charge >= 0.3 is 5.97 Å². The highest BCUT2D eigenvalue weighted by Crippen LogP contribution is 2.15. The summed E-state index contributed by atoms with van der Waals surface area (Å²) in [4.78, 5) is 14.3. The summed E-state index contributed by atoms with van der Waals surface area (Å²) in [6.07, 6.45) is 3.73. The van der Waals surface area contributed by atoms with Gasteiger partial charge in [-0.05, 0) is 75.6 Å². The number of likely N-dealkylation sites (tertiary alicyclic amines) is 1. The molecular formula is C19H29N3O2S. The van der Waals surface area contributed by atoms with Gasteiger partial charge in [-0.2, -0.15) is 0 Å². The fraction of sp³-hybridized carbons (Fsp3) is 0.579. The first-order valence-electron chi connectivity index (χ1n) is 9.13. The quantitative estimate of drug-likeness (QED) is 0.441.